The number of rotatable bonds is 3. The molecule has 0 atom stereocenters. The second-order valence-corrected chi connectivity index (χ2v) is 5.70. The molecule has 0 bridgehead atoms. The normalized spacial score (nSPS) is 14.1. The Bertz CT molecular complexity index is 1000. The summed E-state index contributed by atoms with van der Waals surface area (Å²) in [5.74, 6) is 0.483. The van der Waals surface area contributed by atoms with Crippen LogP contribution in [0.4, 0.5) is 0 Å². The smallest absolute Gasteiger partial charge is 0.273 e. The van der Waals surface area contributed by atoms with E-state index < -0.39 is 0 Å². The minimum absolute atomic E-state index is 0.0613. The Kier molecular flexibility index (Phi) is 3.74. The number of aromatic amines is 1. The molecule has 124 valence electrons. The summed E-state index contributed by atoms with van der Waals surface area (Å²) in [6.07, 6.45) is 2.71. The van der Waals surface area contributed by atoms with Gasteiger partial charge in [0.1, 0.15) is 0 Å². The van der Waals surface area contributed by atoms with E-state index >= 15 is 0 Å². The zero-order valence-corrected chi connectivity index (χ0v) is 13.3. The lowest BCUT2D eigenvalue weighted by Crippen LogP contribution is -2.25. The molecule has 1 amide bonds. The Morgan fingerprint density at radius 3 is 2.44 bits per heavy atom. The molecule has 4 rings (SSSR count). The summed E-state index contributed by atoms with van der Waals surface area (Å²) in [5.41, 5.74) is 5.73. The first kappa shape index (κ1) is 15.1. The van der Waals surface area contributed by atoms with Gasteiger partial charge in [-0.1, -0.05) is 30.3 Å². The maximum absolute atomic E-state index is 12.2. The lowest BCUT2D eigenvalue weighted by atomic mass is 10.0. The van der Waals surface area contributed by atoms with Crippen LogP contribution in [0.1, 0.15) is 18.4 Å². The van der Waals surface area contributed by atoms with E-state index in [2.05, 4.69) is 20.6 Å². The molecule has 1 aliphatic heterocycles. The van der Waals surface area contributed by atoms with E-state index in [0.29, 0.717) is 24.4 Å². The summed E-state index contributed by atoms with van der Waals surface area (Å²) in [7, 11) is 0. The molecular formula is C18H15N5O2. The molecule has 3 heterocycles. The van der Waals surface area contributed by atoms with Crippen LogP contribution in [0.5, 0.6) is 0 Å². The van der Waals surface area contributed by atoms with E-state index in [-0.39, 0.29) is 11.5 Å². The molecule has 7 nitrogen and oxygen atoms in total. The van der Waals surface area contributed by atoms with Crippen LogP contribution in [-0.2, 0) is 4.79 Å². The molecule has 0 spiro atoms. The van der Waals surface area contributed by atoms with Crippen molar-refractivity contribution in [2.75, 3.05) is 0 Å². The van der Waals surface area contributed by atoms with Crippen LogP contribution in [0.25, 0.3) is 17.1 Å². The number of aromatic nitrogens is 3. The van der Waals surface area contributed by atoms with Crippen LogP contribution < -0.4 is 11.0 Å². The van der Waals surface area contributed by atoms with Crippen molar-refractivity contribution < 1.29 is 4.79 Å². The number of hydrazone groups is 1. The van der Waals surface area contributed by atoms with Crippen LogP contribution in [-0.4, -0.2) is 26.4 Å². The van der Waals surface area contributed by atoms with Gasteiger partial charge in [-0.15, -0.1) is 0 Å². The Hall–Kier alpha value is -3.48. The summed E-state index contributed by atoms with van der Waals surface area (Å²) < 4.78 is 1.41. The lowest BCUT2D eigenvalue weighted by Gasteiger charge is -2.12. The van der Waals surface area contributed by atoms with Crippen molar-refractivity contribution in [3.63, 3.8) is 0 Å². The van der Waals surface area contributed by atoms with E-state index in [1.165, 1.54) is 4.68 Å². The minimum Gasteiger partial charge on any atom is -0.289 e. The molecule has 1 aromatic carbocycles. The lowest BCUT2D eigenvalue weighted by molar-refractivity contribution is -0.121. The van der Waals surface area contributed by atoms with E-state index in [9.17, 15) is 9.59 Å². The maximum Gasteiger partial charge on any atom is 0.273 e. The Labute approximate surface area is 143 Å². The highest BCUT2D eigenvalue weighted by Gasteiger charge is 2.13. The molecule has 7 heteroatoms. The van der Waals surface area contributed by atoms with Crippen molar-refractivity contribution in [3.05, 3.63) is 70.6 Å². The van der Waals surface area contributed by atoms with Gasteiger partial charge in [0.05, 0.1) is 11.4 Å². The second kappa shape index (κ2) is 6.20. The van der Waals surface area contributed by atoms with Crippen molar-refractivity contribution in [2.24, 2.45) is 5.10 Å². The number of amides is 1. The predicted octanol–water partition coefficient (Wildman–Crippen LogP) is 1.84. The van der Waals surface area contributed by atoms with Gasteiger partial charge in [-0.2, -0.15) is 5.10 Å². The third kappa shape index (κ3) is 2.99. The molecule has 1 aliphatic rings. The Morgan fingerprint density at radius 2 is 1.76 bits per heavy atom. The quantitative estimate of drug-likeness (QED) is 0.766. The van der Waals surface area contributed by atoms with Gasteiger partial charge in [0.15, 0.2) is 5.82 Å². The highest BCUT2D eigenvalue weighted by atomic mass is 16.2. The number of H-pyrrole nitrogens is 1. The summed E-state index contributed by atoms with van der Waals surface area (Å²) in [4.78, 5) is 27.5. The van der Waals surface area contributed by atoms with Crippen molar-refractivity contribution in [2.45, 2.75) is 12.8 Å². The summed E-state index contributed by atoms with van der Waals surface area (Å²) >= 11 is 0. The highest BCUT2D eigenvalue weighted by molar-refractivity contribution is 6.04. The molecule has 3 aromatic rings. The first-order valence-corrected chi connectivity index (χ1v) is 7.90. The fraction of sp³-hybridized carbons (Fsp3) is 0.111. The summed E-state index contributed by atoms with van der Waals surface area (Å²) in [6, 6.07) is 14.6. The molecule has 2 aromatic heterocycles. The van der Waals surface area contributed by atoms with Crippen LogP contribution in [0, 0.1) is 0 Å². The molecule has 25 heavy (non-hydrogen) atoms. The van der Waals surface area contributed by atoms with Gasteiger partial charge in [-0.25, -0.2) is 15.1 Å². The molecule has 0 radical (unpaired) electrons. The fourth-order valence-electron chi connectivity index (χ4n) is 2.72. The molecule has 0 aliphatic carbocycles. The van der Waals surface area contributed by atoms with E-state index in [4.69, 9.17) is 0 Å². The Balaban J connectivity index is 1.63. The molecule has 2 N–H and O–H groups in total. The molecule has 0 unspecified atom stereocenters. The standard InChI is InChI=1S/C18H15N5O2/c24-17-9-8-14(20-21-17)12-4-6-13(7-5-12)15-11-18(25)23(22-15)16-3-1-2-10-19-16/h1-7,10-11,22H,8-9H2,(H,21,24). The highest BCUT2D eigenvalue weighted by Crippen LogP contribution is 2.19. The van der Waals surface area contributed by atoms with E-state index in [1.54, 1.807) is 24.4 Å². The van der Waals surface area contributed by atoms with E-state index in [0.717, 1.165) is 16.8 Å². The minimum atomic E-state index is -0.169. The Morgan fingerprint density at radius 1 is 0.960 bits per heavy atom. The number of carbonyl (C=O) groups is 1. The number of hydrogen-bond acceptors (Lipinski definition) is 4. The van der Waals surface area contributed by atoms with Crippen molar-refractivity contribution in [3.8, 4) is 17.1 Å². The molecule has 0 fully saturated rings. The molecule has 0 saturated heterocycles. The van der Waals surface area contributed by atoms with Crippen molar-refractivity contribution in [1.29, 1.82) is 0 Å². The fourth-order valence-corrected chi connectivity index (χ4v) is 2.72. The predicted molar refractivity (Wildman–Crippen MR) is 93.5 cm³/mol. The second-order valence-electron chi connectivity index (χ2n) is 5.70. The first-order valence-electron chi connectivity index (χ1n) is 7.90. The van der Waals surface area contributed by atoms with Gasteiger partial charge in [0.2, 0.25) is 5.91 Å². The maximum atomic E-state index is 12.2. The SMILES string of the molecule is O=C1CCC(c2ccc(-c3cc(=O)n(-c4ccccn4)[nH]3)cc2)=NN1. The van der Waals surface area contributed by atoms with Gasteiger partial charge in [-0.05, 0) is 23.3 Å². The number of nitrogens with zero attached hydrogens (tertiary/aromatic N) is 3. The third-order valence-electron chi connectivity index (χ3n) is 4.03. The molecular weight excluding hydrogens is 318 g/mol. The topological polar surface area (TPSA) is 92.1 Å². The zero-order chi connectivity index (χ0) is 17.2. The third-order valence-corrected chi connectivity index (χ3v) is 4.03. The summed E-state index contributed by atoms with van der Waals surface area (Å²) in [6.45, 7) is 0. The largest absolute Gasteiger partial charge is 0.289 e. The number of hydrogen-bond donors (Lipinski definition) is 2. The monoisotopic (exact) mass is 333 g/mol. The number of benzene rings is 1. The van der Waals surface area contributed by atoms with Crippen LogP contribution >= 0.6 is 0 Å². The zero-order valence-electron chi connectivity index (χ0n) is 13.3. The van der Waals surface area contributed by atoms with E-state index in [1.807, 2.05) is 30.3 Å². The number of carbonyl (C=O) groups excluding carboxylic acids is 1. The van der Waals surface area contributed by atoms with Crippen LogP contribution in [0.3, 0.4) is 0 Å². The van der Waals surface area contributed by atoms with Crippen LogP contribution in [0.15, 0.2) is 64.6 Å². The average Bonchev–Trinajstić information content (AvgIpc) is 3.05. The average molecular weight is 333 g/mol. The summed E-state index contributed by atoms with van der Waals surface area (Å²) in [5, 5.41) is 7.16. The van der Waals surface area contributed by atoms with Gasteiger partial charge in [0.25, 0.3) is 5.56 Å². The van der Waals surface area contributed by atoms with Gasteiger partial charge in [0, 0.05) is 25.1 Å². The number of nitrogens with one attached hydrogen (secondary N) is 2. The molecule has 0 saturated carbocycles. The van der Waals surface area contributed by atoms with Crippen molar-refractivity contribution in [1.82, 2.24) is 20.2 Å². The van der Waals surface area contributed by atoms with Crippen LogP contribution in [0.2, 0.25) is 0 Å². The van der Waals surface area contributed by atoms with Gasteiger partial charge in [-0.3, -0.25) is 14.7 Å². The first-order chi connectivity index (χ1) is 12.2. The number of pyridine rings is 1. The van der Waals surface area contributed by atoms with Gasteiger partial charge >= 0.3 is 0 Å². The van der Waals surface area contributed by atoms with Crippen molar-refractivity contribution >= 4 is 11.6 Å². The van der Waals surface area contributed by atoms with Gasteiger partial charge < -0.3 is 0 Å².